The van der Waals surface area contributed by atoms with Gasteiger partial charge in [0.05, 0.1) is 0 Å². The molecular formula is C17H20N2. The third-order valence-corrected chi connectivity index (χ3v) is 3.84. The van der Waals surface area contributed by atoms with Crippen LogP contribution in [-0.2, 0) is 6.54 Å². The topological polar surface area (TPSA) is 15.6 Å². The van der Waals surface area contributed by atoms with Crippen LogP contribution in [0, 0.1) is 11.8 Å². The van der Waals surface area contributed by atoms with Gasteiger partial charge in [-0.15, -0.1) is 0 Å². The largest absolute Gasteiger partial charge is 0.298 e. The van der Waals surface area contributed by atoms with Gasteiger partial charge < -0.3 is 0 Å². The van der Waals surface area contributed by atoms with Crippen molar-refractivity contribution in [3.63, 3.8) is 0 Å². The quantitative estimate of drug-likeness (QED) is 0.788. The molecule has 2 aliphatic heterocycles. The number of allylic oxidation sites excluding steroid dienone is 1. The number of rotatable bonds is 2. The summed E-state index contributed by atoms with van der Waals surface area (Å²) < 4.78 is 0. The van der Waals surface area contributed by atoms with Gasteiger partial charge in [-0.1, -0.05) is 42.5 Å². The Morgan fingerprint density at radius 1 is 1.05 bits per heavy atom. The zero-order valence-corrected chi connectivity index (χ0v) is 11.2. The molecule has 2 unspecified atom stereocenters. The maximum Gasteiger partial charge on any atom is 0.0264 e. The molecule has 2 atom stereocenters. The van der Waals surface area contributed by atoms with Gasteiger partial charge in [0.2, 0.25) is 0 Å². The molecule has 0 amide bonds. The minimum atomic E-state index is 0.627. The molecule has 2 nitrogen and oxygen atoms in total. The Kier molecular flexibility index (Phi) is 3.89. The monoisotopic (exact) mass is 252 g/mol. The highest BCUT2D eigenvalue weighted by atomic mass is 15.1. The highest BCUT2D eigenvalue weighted by molar-refractivity contribution is 5.71. The maximum absolute atomic E-state index is 4.25. The molecule has 0 aliphatic carbocycles. The van der Waals surface area contributed by atoms with Crippen LogP contribution in [-0.4, -0.2) is 24.2 Å². The number of hydrogen-bond donors (Lipinski definition) is 0. The van der Waals surface area contributed by atoms with Crippen LogP contribution in [0.5, 0.6) is 0 Å². The van der Waals surface area contributed by atoms with Crippen LogP contribution >= 0.6 is 0 Å². The summed E-state index contributed by atoms with van der Waals surface area (Å²) in [6.07, 6.45) is 11.7. The summed E-state index contributed by atoms with van der Waals surface area (Å²) in [6, 6.07) is 10.7. The molecule has 1 aromatic rings. The highest BCUT2D eigenvalue weighted by Crippen LogP contribution is 2.25. The van der Waals surface area contributed by atoms with Crippen molar-refractivity contribution in [2.75, 3.05) is 13.1 Å². The molecule has 1 aromatic carbocycles. The van der Waals surface area contributed by atoms with E-state index in [1.165, 1.54) is 12.0 Å². The first-order valence-electron chi connectivity index (χ1n) is 7.03. The molecule has 2 heterocycles. The van der Waals surface area contributed by atoms with E-state index in [2.05, 4.69) is 58.5 Å². The molecule has 3 rings (SSSR count). The van der Waals surface area contributed by atoms with E-state index in [1.54, 1.807) is 0 Å². The molecule has 19 heavy (non-hydrogen) atoms. The van der Waals surface area contributed by atoms with E-state index in [9.17, 15) is 0 Å². The molecule has 0 spiro atoms. The number of aliphatic imine (C=N–C) groups is 1. The number of hydrogen-bond acceptors (Lipinski definition) is 2. The maximum atomic E-state index is 4.25. The smallest absolute Gasteiger partial charge is 0.0264 e. The van der Waals surface area contributed by atoms with Crippen LogP contribution < -0.4 is 0 Å². The zero-order valence-electron chi connectivity index (χ0n) is 11.2. The molecule has 2 heteroatoms. The SMILES string of the molecule is C1=CC2CC(C=CN=C1)CN(Cc1ccccc1)C2. The van der Waals surface area contributed by atoms with Gasteiger partial charge >= 0.3 is 0 Å². The highest BCUT2D eigenvalue weighted by Gasteiger charge is 2.24. The molecule has 1 fully saturated rings. The van der Waals surface area contributed by atoms with E-state index >= 15 is 0 Å². The van der Waals surface area contributed by atoms with Crippen molar-refractivity contribution in [2.45, 2.75) is 13.0 Å². The summed E-state index contributed by atoms with van der Waals surface area (Å²) in [6.45, 7) is 3.35. The summed E-state index contributed by atoms with van der Waals surface area (Å²) in [5.74, 6) is 1.28. The van der Waals surface area contributed by atoms with Gasteiger partial charge in [-0.2, -0.15) is 0 Å². The summed E-state index contributed by atoms with van der Waals surface area (Å²) in [5, 5.41) is 0. The molecule has 0 radical (unpaired) electrons. The summed E-state index contributed by atoms with van der Waals surface area (Å²) in [7, 11) is 0. The molecular weight excluding hydrogens is 232 g/mol. The van der Waals surface area contributed by atoms with E-state index in [4.69, 9.17) is 0 Å². The Hall–Kier alpha value is -1.67. The average molecular weight is 252 g/mol. The van der Waals surface area contributed by atoms with Crippen molar-refractivity contribution in [1.82, 2.24) is 4.90 Å². The Morgan fingerprint density at radius 2 is 1.84 bits per heavy atom. The summed E-state index contributed by atoms with van der Waals surface area (Å²) >= 11 is 0. The number of likely N-dealkylation sites (tertiary alicyclic amines) is 1. The lowest BCUT2D eigenvalue weighted by molar-refractivity contribution is 0.158. The standard InChI is InChI=1S/C17H20N2/c1-2-5-15(6-3-1)12-19-13-16-7-4-9-18-10-8-17(11-16)14-19/h1-10,16-17H,11-14H2. The van der Waals surface area contributed by atoms with Gasteiger partial charge in [0.15, 0.2) is 0 Å². The van der Waals surface area contributed by atoms with Crippen LogP contribution in [0.25, 0.3) is 0 Å². The lowest BCUT2D eigenvalue weighted by atomic mass is 9.88. The first-order chi connectivity index (χ1) is 9.40. The van der Waals surface area contributed by atoms with Crippen molar-refractivity contribution in [1.29, 1.82) is 0 Å². The molecule has 0 N–H and O–H groups in total. The summed E-state index contributed by atoms with van der Waals surface area (Å²) in [4.78, 5) is 6.81. The second-order valence-electron chi connectivity index (χ2n) is 5.46. The van der Waals surface area contributed by atoms with Crippen LogP contribution in [0.15, 0.2) is 59.8 Å². The predicted octanol–water partition coefficient (Wildman–Crippen LogP) is 3.28. The first kappa shape index (κ1) is 12.4. The van der Waals surface area contributed by atoms with Gasteiger partial charge in [0, 0.05) is 32.0 Å². The number of nitrogens with zero attached hydrogens (tertiary/aromatic N) is 2. The van der Waals surface area contributed by atoms with Crippen molar-refractivity contribution in [3.05, 3.63) is 60.3 Å². The number of piperidine rings is 1. The van der Waals surface area contributed by atoms with E-state index in [-0.39, 0.29) is 0 Å². The van der Waals surface area contributed by atoms with Crippen LogP contribution in [0.1, 0.15) is 12.0 Å². The molecule has 1 saturated heterocycles. The predicted molar refractivity (Wildman–Crippen MR) is 80.1 cm³/mol. The van der Waals surface area contributed by atoms with Gasteiger partial charge in [-0.3, -0.25) is 9.89 Å². The molecule has 2 bridgehead atoms. The van der Waals surface area contributed by atoms with Gasteiger partial charge in [0.25, 0.3) is 0 Å². The molecule has 0 saturated carbocycles. The van der Waals surface area contributed by atoms with Crippen LogP contribution in [0.4, 0.5) is 0 Å². The second-order valence-corrected chi connectivity index (χ2v) is 5.46. The second kappa shape index (κ2) is 5.98. The summed E-state index contributed by atoms with van der Waals surface area (Å²) in [5.41, 5.74) is 1.40. The third-order valence-electron chi connectivity index (χ3n) is 3.84. The van der Waals surface area contributed by atoms with Crippen molar-refractivity contribution >= 4 is 6.21 Å². The lowest BCUT2D eigenvalue weighted by Gasteiger charge is -2.35. The molecule has 0 aromatic heterocycles. The Bertz CT molecular complexity index is 463. The minimum absolute atomic E-state index is 0.627. The first-order valence-corrected chi connectivity index (χ1v) is 7.03. The van der Waals surface area contributed by atoms with Crippen LogP contribution in [0.2, 0.25) is 0 Å². The van der Waals surface area contributed by atoms with E-state index in [0.717, 1.165) is 19.6 Å². The van der Waals surface area contributed by atoms with Crippen LogP contribution in [0.3, 0.4) is 0 Å². The van der Waals surface area contributed by atoms with Gasteiger partial charge in [0.1, 0.15) is 0 Å². The lowest BCUT2D eigenvalue weighted by Crippen LogP contribution is -2.38. The Balaban J connectivity index is 1.71. The fourth-order valence-electron chi connectivity index (χ4n) is 3.00. The minimum Gasteiger partial charge on any atom is -0.298 e. The van der Waals surface area contributed by atoms with Crippen molar-refractivity contribution in [2.24, 2.45) is 16.8 Å². The number of fused-ring (bicyclic) bond motifs is 2. The van der Waals surface area contributed by atoms with Crippen molar-refractivity contribution < 1.29 is 0 Å². The Morgan fingerprint density at radius 3 is 2.68 bits per heavy atom. The average Bonchev–Trinajstić information content (AvgIpc) is 2.51. The van der Waals surface area contributed by atoms with E-state index < -0.39 is 0 Å². The van der Waals surface area contributed by atoms with Gasteiger partial charge in [-0.25, -0.2) is 0 Å². The fraction of sp³-hybridized carbons (Fsp3) is 0.353. The number of benzene rings is 1. The fourth-order valence-corrected chi connectivity index (χ4v) is 3.00. The van der Waals surface area contributed by atoms with Gasteiger partial charge in [-0.05, 0) is 29.9 Å². The normalized spacial score (nSPS) is 26.7. The van der Waals surface area contributed by atoms with E-state index in [0.29, 0.717) is 11.8 Å². The zero-order chi connectivity index (χ0) is 12.9. The van der Waals surface area contributed by atoms with Crippen molar-refractivity contribution in [3.8, 4) is 0 Å². The molecule has 98 valence electrons. The Labute approximate surface area is 115 Å². The molecule has 2 aliphatic rings. The third kappa shape index (κ3) is 3.42. The van der Waals surface area contributed by atoms with E-state index in [1.807, 2.05) is 12.4 Å².